The number of anilines is 1. The Morgan fingerprint density at radius 1 is 1.26 bits per heavy atom. The SMILES string of the molecule is CSc1ccccc1NC(=O)CCC(=O)N[C@H](C)c1nn[nH]n1. The molecule has 0 radical (unpaired) electrons. The molecule has 23 heavy (non-hydrogen) atoms. The summed E-state index contributed by atoms with van der Waals surface area (Å²) >= 11 is 1.55. The fourth-order valence-electron chi connectivity index (χ4n) is 1.92. The molecule has 1 heterocycles. The van der Waals surface area contributed by atoms with Crippen molar-refractivity contribution in [3.8, 4) is 0 Å². The van der Waals surface area contributed by atoms with Crippen LogP contribution in [0.5, 0.6) is 0 Å². The number of aromatic nitrogens is 4. The van der Waals surface area contributed by atoms with Crippen molar-refractivity contribution in [1.82, 2.24) is 25.9 Å². The Balaban J connectivity index is 1.79. The number of hydrogen-bond acceptors (Lipinski definition) is 6. The lowest BCUT2D eigenvalue weighted by atomic mass is 10.2. The van der Waals surface area contributed by atoms with Crippen molar-refractivity contribution in [1.29, 1.82) is 0 Å². The Labute approximate surface area is 137 Å². The quantitative estimate of drug-likeness (QED) is 0.662. The average Bonchev–Trinajstić information content (AvgIpc) is 3.08. The molecule has 1 aromatic heterocycles. The summed E-state index contributed by atoms with van der Waals surface area (Å²) < 4.78 is 0. The Bertz CT molecular complexity index is 661. The molecule has 0 aliphatic heterocycles. The van der Waals surface area contributed by atoms with Crippen molar-refractivity contribution in [2.75, 3.05) is 11.6 Å². The first kappa shape index (κ1) is 16.9. The molecule has 0 bridgehead atoms. The lowest BCUT2D eigenvalue weighted by Gasteiger charge is -2.11. The van der Waals surface area contributed by atoms with Crippen molar-refractivity contribution in [3.63, 3.8) is 0 Å². The van der Waals surface area contributed by atoms with Crippen LogP contribution in [-0.4, -0.2) is 38.7 Å². The van der Waals surface area contributed by atoms with Gasteiger partial charge in [-0.05, 0) is 25.3 Å². The molecule has 0 unspecified atom stereocenters. The molecule has 2 rings (SSSR count). The minimum absolute atomic E-state index is 0.0927. The predicted octanol–water partition coefficient (Wildman–Crippen LogP) is 1.52. The molecule has 1 aromatic carbocycles. The first-order valence-electron chi connectivity index (χ1n) is 7.05. The van der Waals surface area contributed by atoms with Crippen LogP contribution in [0.2, 0.25) is 0 Å². The molecule has 8 nitrogen and oxygen atoms in total. The van der Waals surface area contributed by atoms with Crippen LogP contribution in [0.25, 0.3) is 0 Å². The smallest absolute Gasteiger partial charge is 0.224 e. The van der Waals surface area contributed by atoms with Crippen LogP contribution in [0, 0.1) is 0 Å². The summed E-state index contributed by atoms with van der Waals surface area (Å²) in [6.07, 6.45) is 2.14. The summed E-state index contributed by atoms with van der Waals surface area (Å²) in [5.41, 5.74) is 0.755. The number of H-pyrrole nitrogens is 1. The lowest BCUT2D eigenvalue weighted by Crippen LogP contribution is -2.28. The van der Waals surface area contributed by atoms with Crippen LogP contribution >= 0.6 is 11.8 Å². The molecule has 0 aliphatic carbocycles. The van der Waals surface area contributed by atoms with Crippen molar-refractivity contribution < 1.29 is 9.59 Å². The molecule has 122 valence electrons. The lowest BCUT2D eigenvalue weighted by molar-refractivity contribution is -0.124. The molecule has 1 atom stereocenters. The second-order valence-corrected chi connectivity index (χ2v) is 5.66. The first-order chi connectivity index (χ1) is 11.1. The number of nitrogens with one attached hydrogen (secondary N) is 3. The Morgan fingerprint density at radius 2 is 2.00 bits per heavy atom. The van der Waals surface area contributed by atoms with Crippen LogP contribution in [-0.2, 0) is 9.59 Å². The maximum absolute atomic E-state index is 12.0. The van der Waals surface area contributed by atoms with Gasteiger partial charge in [-0.15, -0.1) is 22.0 Å². The van der Waals surface area contributed by atoms with Crippen molar-refractivity contribution in [3.05, 3.63) is 30.1 Å². The molecule has 3 N–H and O–H groups in total. The van der Waals surface area contributed by atoms with E-state index in [1.807, 2.05) is 30.5 Å². The van der Waals surface area contributed by atoms with E-state index in [2.05, 4.69) is 31.3 Å². The van der Waals surface area contributed by atoms with Crippen molar-refractivity contribution >= 4 is 29.3 Å². The van der Waals surface area contributed by atoms with Crippen LogP contribution in [0.4, 0.5) is 5.69 Å². The number of amides is 2. The minimum atomic E-state index is -0.360. The van der Waals surface area contributed by atoms with Gasteiger partial charge in [-0.2, -0.15) is 5.21 Å². The van der Waals surface area contributed by atoms with E-state index in [0.29, 0.717) is 5.82 Å². The number of carbonyl (C=O) groups excluding carboxylic acids is 2. The van der Waals surface area contributed by atoms with Gasteiger partial charge in [-0.25, -0.2) is 0 Å². The van der Waals surface area contributed by atoms with Gasteiger partial charge in [0.2, 0.25) is 11.8 Å². The fourth-order valence-corrected chi connectivity index (χ4v) is 2.47. The number of aromatic amines is 1. The third-order valence-electron chi connectivity index (χ3n) is 3.09. The van der Waals surface area contributed by atoms with Gasteiger partial charge in [0, 0.05) is 17.7 Å². The predicted molar refractivity (Wildman–Crippen MR) is 86.8 cm³/mol. The molecule has 2 aromatic rings. The Morgan fingerprint density at radius 3 is 2.70 bits per heavy atom. The van der Waals surface area contributed by atoms with E-state index in [-0.39, 0.29) is 30.7 Å². The number of hydrogen-bond donors (Lipinski definition) is 3. The number of carbonyl (C=O) groups is 2. The number of para-hydroxylation sites is 1. The van der Waals surface area contributed by atoms with E-state index in [1.165, 1.54) is 0 Å². The first-order valence-corrected chi connectivity index (χ1v) is 8.28. The number of tetrazole rings is 1. The van der Waals surface area contributed by atoms with E-state index < -0.39 is 0 Å². The number of rotatable bonds is 7. The standard InChI is InChI=1S/C14H18N6O2S/c1-9(14-17-19-20-18-14)15-12(21)7-8-13(22)16-10-5-3-4-6-11(10)23-2/h3-6,9H,7-8H2,1-2H3,(H,15,21)(H,16,22)(H,17,18,19,20)/t9-/m1/s1. The third-order valence-corrected chi connectivity index (χ3v) is 3.88. The molecular weight excluding hydrogens is 316 g/mol. The second kappa shape index (κ2) is 8.28. The van der Waals surface area contributed by atoms with Gasteiger partial charge >= 0.3 is 0 Å². The zero-order valence-electron chi connectivity index (χ0n) is 12.9. The number of benzene rings is 1. The van der Waals surface area contributed by atoms with Gasteiger partial charge in [-0.3, -0.25) is 9.59 Å². The average molecular weight is 334 g/mol. The third kappa shape index (κ3) is 5.06. The summed E-state index contributed by atoms with van der Waals surface area (Å²) in [6.45, 7) is 1.75. The van der Waals surface area contributed by atoms with E-state index >= 15 is 0 Å². The van der Waals surface area contributed by atoms with E-state index in [0.717, 1.165) is 10.6 Å². The summed E-state index contributed by atoms with van der Waals surface area (Å²) in [7, 11) is 0. The number of nitrogens with zero attached hydrogens (tertiary/aromatic N) is 3. The summed E-state index contributed by atoms with van der Waals surface area (Å²) in [5, 5.41) is 18.9. The van der Waals surface area contributed by atoms with Gasteiger partial charge in [0.15, 0.2) is 5.82 Å². The van der Waals surface area contributed by atoms with Crippen LogP contribution in [0.1, 0.15) is 31.6 Å². The second-order valence-electron chi connectivity index (χ2n) is 4.81. The Kier molecular flexibility index (Phi) is 6.10. The van der Waals surface area contributed by atoms with Gasteiger partial charge in [0.1, 0.15) is 0 Å². The highest BCUT2D eigenvalue weighted by atomic mass is 32.2. The molecule has 0 aliphatic rings. The highest BCUT2D eigenvalue weighted by Gasteiger charge is 2.14. The van der Waals surface area contributed by atoms with E-state index in [4.69, 9.17) is 0 Å². The van der Waals surface area contributed by atoms with E-state index in [9.17, 15) is 9.59 Å². The molecule has 0 saturated heterocycles. The van der Waals surface area contributed by atoms with Crippen LogP contribution in [0.15, 0.2) is 29.2 Å². The summed E-state index contributed by atoms with van der Waals surface area (Å²) in [4.78, 5) is 24.8. The summed E-state index contributed by atoms with van der Waals surface area (Å²) in [6, 6.07) is 7.17. The van der Waals surface area contributed by atoms with Crippen molar-refractivity contribution in [2.45, 2.75) is 30.7 Å². The molecule has 0 saturated carbocycles. The minimum Gasteiger partial charge on any atom is -0.346 e. The molecule has 0 fully saturated rings. The van der Waals surface area contributed by atoms with E-state index in [1.54, 1.807) is 18.7 Å². The zero-order chi connectivity index (χ0) is 16.7. The van der Waals surface area contributed by atoms with Crippen LogP contribution in [0.3, 0.4) is 0 Å². The topological polar surface area (TPSA) is 113 Å². The van der Waals surface area contributed by atoms with Gasteiger partial charge < -0.3 is 10.6 Å². The van der Waals surface area contributed by atoms with Crippen molar-refractivity contribution in [2.24, 2.45) is 0 Å². The summed E-state index contributed by atoms with van der Waals surface area (Å²) in [5.74, 6) is -0.0406. The fraction of sp³-hybridized carbons (Fsp3) is 0.357. The maximum Gasteiger partial charge on any atom is 0.224 e. The molecule has 0 spiro atoms. The Hall–Kier alpha value is -2.42. The van der Waals surface area contributed by atoms with Gasteiger partial charge in [-0.1, -0.05) is 17.3 Å². The zero-order valence-corrected chi connectivity index (χ0v) is 13.7. The largest absolute Gasteiger partial charge is 0.346 e. The maximum atomic E-state index is 12.0. The highest BCUT2D eigenvalue weighted by Crippen LogP contribution is 2.24. The molecule has 9 heteroatoms. The molecule has 2 amide bonds. The number of thioether (sulfide) groups is 1. The normalized spacial score (nSPS) is 11.7. The van der Waals surface area contributed by atoms with Gasteiger partial charge in [0.25, 0.3) is 0 Å². The monoisotopic (exact) mass is 334 g/mol. The van der Waals surface area contributed by atoms with Crippen LogP contribution < -0.4 is 10.6 Å². The molecular formula is C14H18N6O2S. The highest BCUT2D eigenvalue weighted by molar-refractivity contribution is 7.98. The van der Waals surface area contributed by atoms with Gasteiger partial charge in [0.05, 0.1) is 11.7 Å².